The first-order valence-corrected chi connectivity index (χ1v) is 38.5. The summed E-state index contributed by atoms with van der Waals surface area (Å²) in [6.45, 7) is 7.12. The van der Waals surface area contributed by atoms with E-state index in [-0.39, 0.29) is 25.7 Å². The largest absolute Gasteiger partial charge is 0.472 e. The molecule has 88 heavy (non-hydrogen) atoms. The molecule has 3 N–H and O–H groups in total. The number of phosphoric acid groups is 2. The molecule has 0 aliphatic rings. The molecule has 0 rings (SSSR count). The lowest BCUT2D eigenvalue weighted by molar-refractivity contribution is -0.161. The predicted octanol–water partition coefficient (Wildman–Crippen LogP) is 19.3. The summed E-state index contributed by atoms with van der Waals surface area (Å²) in [5, 5.41) is 10.6. The Labute approximate surface area is 535 Å². The molecule has 0 fully saturated rings. The summed E-state index contributed by atoms with van der Waals surface area (Å²) in [5.41, 5.74) is 0. The predicted molar refractivity (Wildman–Crippen MR) is 354 cm³/mol. The first kappa shape index (κ1) is 85.5. The highest BCUT2D eigenvalue weighted by atomic mass is 31.2. The third kappa shape index (κ3) is 61.1. The summed E-state index contributed by atoms with van der Waals surface area (Å²) in [5.74, 6) is -1.43. The van der Waals surface area contributed by atoms with Crippen LogP contribution in [-0.4, -0.2) is 96.7 Å². The van der Waals surface area contributed by atoms with Crippen LogP contribution in [-0.2, 0) is 65.4 Å². The normalized spacial score (nSPS) is 14.6. The van der Waals surface area contributed by atoms with Gasteiger partial charge in [-0.3, -0.25) is 37.3 Å². The fourth-order valence-corrected chi connectivity index (χ4v) is 11.5. The highest BCUT2D eigenvalue weighted by molar-refractivity contribution is 7.47. The Kier molecular flexibility index (Phi) is 60.3. The Bertz CT molecular complexity index is 1800. The zero-order valence-corrected chi connectivity index (χ0v) is 58.1. The lowest BCUT2D eigenvalue weighted by Crippen LogP contribution is -2.30. The standard InChI is InChI=1S/C69H130O17P2/c1-6-10-13-16-19-22-25-27-28-29-32-35-38-45-50-55-69(74)85-64(58-79-66(71)52-47-42-36-33-31-26-23-20-17-14-11-7-2)60-83-87(75,76)81-56-63(70)57-82-88(77,78)84-61-65(59-80-67(72)53-48-43-40-39-41-46-51-62(5)9-4)86-68(73)54-49-44-37-34-30-24-21-18-15-12-8-3/h22,25,27-28,62-65,70H,6-21,23-24,26,29-61H2,1-5H3,(H,75,76)(H,77,78)/b25-22-,28-27-/t62?,63-,64-,65-/m1/s1. The number of aliphatic hydroxyl groups is 1. The molecule has 0 spiro atoms. The van der Waals surface area contributed by atoms with E-state index in [0.29, 0.717) is 25.7 Å². The van der Waals surface area contributed by atoms with E-state index in [2.05, 4.69) is 58.9 Å². The van der Waals surface area contributed by atoms with Crippen LogP contribution in [0, 0.1) is 5.92 Å². The van der Waals surface area contributed by atoms with Gasteiger partial charge in [0.15, 0.2) is 12.2 Å². The van der Waals surface area contributed by atoms with Crippen LogP contribution in [0.5, 0.6) is 0 Å². The Balaban J connectivity index is 5.29. The van der Waals surface area contributed by atoms with Gasteiger partial charge in [0.2, 0.25) is 0 Å². The van der Waals surface area contributed by atoms with Gasteiger partial charge in [-0.15, -0.1) is 0 Å². The van der Waals surface area contributed by atoms with Gasteiger partial charge in [0.1, 0.15) is 19.3 Å². The molecule has 0 radical (unpaired) electrons. The quantitative estimate of drug-likeness (QED) is 0.0169. The molecule has 0 aliphatic heterocycles. The van der Waals surface area contributed by atoms with Crippen LogP contribution in [0.2, 0.25) is 0 Å². The number of hydrogen-bond donors (Lipinski definition) is 3. The summed E-state index contributed by atoms with van der Waals surface area (Å²) in [4.78, 5) is 72.4. The minimum atomic E-state index is -4.96. The molecular formula is C69H130O17P2. The second-order valence-electron chi connectivity index (χ2n) is 24.5. The Morgan fingerprint density at radius 3 is 0.966 bits per heavy atom. The van der Waals surface area contributed by atoms with E-state index in [1.54, 1.807) is 0 Å². The van der Waals surface area contributed by atoms with Gasteiger partial charge < -0.3 is 33.8 Å². The van der Waals surface area contributed by atoms with Crippen molar-refractivity contribution in [2.45, 2.75) is 348 Å². The SMILES string of the molecule is CCCCCC/C=C\C=C/CCCCCCCC(=O)O[C@H](COC(=O)CCCCCCCCCCCCCC)COP(=O)(O)OC[C@@H](O)COP(=O)(O)OC[C@@H](COC(=O)CCCCCCCCC(C)CC)OC(=O)CCCCCCCCCCCCC. The van der Waals surface area contributed by atoms with Crippen LogP contribution in [0.1, 0.15) is 330 Å². The van der Waals surface area contributed by atoms with Crippen molar-refractivity contribution in [1.29, 1.82) is 0 Å². The van der Waals surface area contributed by atoms with Crippen molar-refractivity contribution in [2.24, 2.45) is 5.92 Å². The molecule has 0 heterocycles. The number of carbonyl (C=O) groups is 4. The van der Waals surface area contributed by atoms with Crippen molar-refractivity contribution in [2.75, 3.05) is 39.6 Å². The van der Waals surface area contributed by atoms with E-state index >= 15 is 0 Å². The maximum absolute atomic E-state index is 13.0. The van der Waals surface area contributed by atoms with Crippen molar-refractivity contribution in [3.8, 4) is 0 Å². The lowest BCUT2D eigenvalue weighted by atomic mass is 10.00. The van der Waals surface area contributed by atoms with Crippen molar-refractivity contribution in [3.63, 3.8) is 0 Å². The lowest BCUT2D eigenvalue weighted by Gasteiger charge is -2.21. The van der Waals surface area contributed by atoms with E-state index < -0.39 is 97.5 Å². The molecule has 0 aromatic heterocycles. The molecule has 518 valence electrons. The molecule has 0 bridgehead atoms. The summed E-state index contributed by atoms with van der Waals surface area (Å²) in [7, 11) is -9.91. The Hall–Kier alpha value is -2.46. The van der Waals surface area contributed by atoms with E-state index in [1.165, 1.54) is 135 Å². The fraction of sp³-hybridized carbons (Fsp3) is 0.884. The number of unbranched alkanes of at least 4 members (excludes halogenated alkanes) is 35. The van der Waals surface area contributed by atoms with Crippen LogP contribution >= 0.6 is 15.6 Å². The van der Waals surface area contributed by atoms with Gasteiger partial charge in [-0.1, -0.05) is 277 Å². The third-order valence-corrected chi connectivity index (χ3v) is 17.7. The van der Waals surface area contributed by atoms with Crippen molar-refractivity contribution >= 4 is 39.5 Å². The Morgan fingerprint density at radius 1 is 0.364 bits per heavy atom. The number of rotatable bonds is 67. The fourth-order valence-electron chi connectivity index (χ4n) is 9.89. The number of esters is 4. The van der Waals surface area contributed by atoms with E-state index in [4.69, 9.17) is 37.0 Å². The number of phosphoric ester groups is 2. The summed E-state index contributed by atoms with van der Waals surface area (Å²) in [6, 6.07) is 0. The molecule has 0 saturated carbocycles. The van der Waals surface area contributed by atoms with Crippen LogP contribution in [0.25, 0.3) is 0 Å². The second-order valence-corrected chi connectivity index (χ2v) is 27.4. The van der Waals surface area contributed by atoms with E-state index in [0.717, 1.165) is 115 Å². The molecule has 0 saturated heterocycles. The smallest absolute Gasteiger partial charge is 0.462 e. The average molecular weight is 1290 g/mol. The van der Waals surface area contributed by atoms with Gasteiger partial charge >= 0.3 is 39.5 Å². The van der Waals surface area contributed by atoms with Crippen LogP contribution < -0.4 is 0 Å². The topological polar surface area (TPSA) is 237 Å². The monoisotopic (exact) mass is 1290 g/mol. The summed E-state index contributed by atoms with van der Waals surface area (Å²) >= 11 is 0. The Morgan fingerprint density at radius 2 is 0.636 bits per heavy atom. The zero-order chi connectivity index (χ0) is 64.9. The summed E-state index contributed by atoms with van der Waals surface area (Å²) < 4.78 is 68.2. The number of hydrogen-bond acceptors (Lipinski definition) is 15. The van der Waals surface area contributed by atoms with Crippen LogP contribution in [0.15, 0.2) is 24.3 Å². The molecule has 0 aliphatic carbocycles. The minimum Gasteiger partial charge on any atom is -0.462 e. The number of carbonyl (C=O) groups excluding carboxylic acids is 4. The number of allylic oxidation sites excluding steroid dienone is 4. The van der Waals surface area contributed by atoms with Crippen molar-refractivity contribution in [1.82, 2.24) is 0 Å². The van der Waals surface area contributed by atoms with Crippen LogP contribution in [0.3, 0.4) is 0 Å². The average Bonchev–Trinajstić information content (AvgIpc) is 3.48. The number of aliphatic hydroxyl groups excluding tert-OH is 1. The van der Waals surface area contributed by atoms with Gasteiger partial charge in [-0.2, -0.15) is 0 Å². The third-order valence-electron chi connectivity index (χ3n) is 15.8. The zero-order valence-electron chi connectivity index (χ0n) is 56.3. The first-order chi connectivity index (χ1) is 42.6. The van der Waals surface area contributed by atoms with Gasteiger partial charge in [0.25, 0.3) is 0 Å². The highest BCUT2D eigenvalue weighted by Gasteiger charge is 2.30. The minimum absolute atomic E-state index is 0.0853. The van der Waals surface area contributed by atoms with Gasteiger partial charge in [0.05, 0.1) is 26.4 Å². The van der Waals surface area contributed by atoms with E-state index in [1.807, 2.05) is 0 Å². The molecule has 3 unspecified atom stereocenters. The summed E-state index contributed by atoms with van der Waals surface area (Å²) in [6.07, 6.45) is 50.7. The molecular weight excluding hydrogens is 1160 g/mol. The molecule has 17 nitrogen and oxygen atoms in total. The van der Waals surface area contributed by atoms with Crippen molar-refractivity contribution < 1.29 is 80.2 Å². The van der Waals surface area contributed by atoms with Gasteiger partial charge in [-0.25, -0.2) is 9.13 Å². The maximum Gasteiger partial charge on any atom is 0.472 e. The van der Waals surface area contributed by atoms with Crippen molar-refractivity contribution in [3.05, 3.63) is 24.3 Å². The van der Waals surface area contributed by atoms with E-state index in [9.17, 15) is 43.2 Å². The van der Waals surface area contributed by atoms with Gasteiger partial charge in [0, 0.05) is 25.7 Å². The maximum atomic E-state index is 13.0. The van der Waals surface area contributed by atoms with Crippen LogP contribution in [0.4, 0.5) is 0 Å². The first-order valence-electron chi connectivity index (χ1n) is 35.5. The van der Waals surface area contributed by atoms with Gasteiger partial charge in [-0.05, 0) is 57.3 Å². The second kappa shape index (κ2) is 62.0. The molecule has 6 atom stereocenters. The number of ether oxygens (including phenoxy) is 4. The molecule has 0 aromatic carbocycles. The molecule has 0 amide bonds. The highest BCUT2D eigenvalue weighted by Crippen LogP contribution is 2.45. The molecule has 0 aromatic rings. The molecule has 19 heteroatoms.